The number of aliphatic imine (C=N–C) groups is 1. The first-order valence-electron chi connectivity index (χ1n) is 10.6. The van der Waals surface area contributed by atoms with Crippen molar-refractivity contribution in [3.63, 3.8) is 0 Å². The van der Waals surface area contributed by atoms with Crippen molar-refractivity contribution in [1.29, 1.82) is 0 Å². The van der Waals surface area contributed by atoms with Crippen LogP contribution in [0.25, 0.3) is 0 Å². The summed E-state index contributed by atoms with van der Waals surface area (Å²) in [4.78, 5) is 18.6. The van der Waals surface area contributed by atoms with Crippen LogP contribution in [0.1, 0.15) is 53.4 Å². The fourth-order valence-corrected chi connectivity index (χ4v) is 4.73. The Morgan fingerprint density at radius 3 is 2.63 bits per heavy atom. The maximum atomic E-state index is 12.2. The summed E-state index contributed by atoms with van der Waals surface area (Å²) in [6.45, 7) is 9.29. The van der Waals surface area contributed by atoms with Crippen molar-refractivity contribution in [2.75, 3.05) is 13.1 Å². The molecule has 0 radical (unpaired) electrons. The number of halogens is 2. The van der Waals surface area contributed by atoms with E-state index in [1.54, 1.807) is 4.90 Å². The van der Waals surface area contributed by atoms with Gasteiger partial charge in [0.15, 0.2) is 6.29 Å². The standard InChI is InChI=1S/C21H33BrIN5O2/c1-13(14-5-6-14)11-17(23)26-18-16(22)12-24-19(27-18)25-15-7-9-28(10-8-15)20(29)30-21(2,3)4/h11-12,14-15,17,19,25-27H,5-10H2,1-4H3/b13-11+. The minimum Gasteiger partial charge on any atom is -0.444 e. The van der Waals surface area contributed by atoms with E-state index in [4.69, 9.17) is 4.74 Å². The average Bonchev–Trinajstić information content (AvgIpc) is 3.49. The number of allylic oxidation sites excluding steroid dienone is 2. The third-order valence-corrected chi connectivity index (χ3v) is 6.58. The Bertz CT molecular complexity index is 721. The first-order valence-corrected chi connectivity index (χ1v) is 12.7. The van der Waals surface area contributed by atoms with Crippen LogP contribution in [-0.4, -0.2) is 52.3 Å². The van der Waals surface area contributed by atoms with Gasteiger partial charge in [0.1, 0.15) is 11.4 Å². The molecule has 0 aromatic heterocycles. The number of carbonyl (C=O) groups is 1. The highest BCUT2D eigenvalue weighted by atomic mass is 127. The molecule has 1 saturated heterocycles. The number of hydrogen-bond donors (Lipinski definition) is 3. The van der Waals surface area contributed by atoms with Crippen molar-refractivity contribution in [2.24, 2.45) is 10.9 Å². The van der Waals surface area contributed by atoms with Gasteiger partial charge in [-0.15, -0.1) is 0 Å². The molecule has 3 aliphatic rings. The summed E-state index contributed by atoms with van der Waals surface area (Å²) in [6.07, 6.45) is 8.11. The summed E-state index contributed by atoms with van der Waals surface area (Å²) < 4.78 is 6.60. The van der Waals surface area contributed by atoms with Crippen molar-refractivity contribution < 1.29 is 9.53 Å². The monoisotopic (exact) mass is 593 g/mol. The van der Waals surface area contributed by atoms with Crippen molar-refractivity contribution in [1.82, 2.24) is 20.9 Å². The minimum atomic E-state index is -0.459. The zero-order valence-electron chi connectivity index (χ0n) is 18.2. The predicted octanol–water partition coefficient (Wildman–Crippen LogP) is 4.20. The van der Waals surface area contributed by atoms with E-state index in [1.807, 2.05) is 27.0 Å². The second kappa shape index (κ2) is 10.2. The van der Waals surface area contributed by atoms with Crippen LogP contribution in [0.3, 0.4) is 0 Å². The fourth-order valence-electron chi connectivity index (χ4n) is 3.51. The molecule has 1 amide bonds. The first kappa shape index (κ1) is 23.8. The number of nitrogens with zero attached hydrogens (tertiary/aromatic N) is 2. The van der Waals surface area contributed by atoms with E-state index in [0.717, 1.165) is 29.1 Å². The SMILES string of the molecule is C/C(=C\C(I)NC1=C(Br)C=NC(NC2CCN(C(=O)OC(C)(C)C)CC2)N1)C1CC1. The highest BCUT2D eigenvalue weighted by molar-refractivity contribution is 14.1. The van der Waals surface area contributed by atoms with E-state index in [1.165, 1.54) is 18.4 Å². The van der Waals surface area contributed by atoms with E-state index in [2.05, 4.69) is 72.5 Å². The molecule has 2 atom stereocenters. The maximum Gasteiger partial charge on any atom is 0.410 e. The molecular weight excluding hydrogens is 561 g/mol. The first-order chi connectivity index (χ1) is 14.1. The van der Waals surface area contributed by atoms with Gasteiger partial charge in [-0.3, -0.25) is 10.3 Å². The highest BCUT2D eigenvalue weighted by Gasteiger charge is 2.28. The molecule has 0 aromatic carbocycles. The summed E-state index contributed by atoms with van der Waals surface area (Å²) in [6, 6.07) is 0.295. The second-order valence-electron chi connectivity index (χ2n) is 9.19. The lowest BCUT2D eigenvalue weighted by molar-refractivity contribution is 0.0195. The Labute approximate surface area is 201 Å². The number of carbonyl (C=O) groups excluding carboxylic acids is 1. The van der Waals surface area contributed by atoms with Crippen LogP contribution >= 0.6 is 38.5 Å². The molecule has 0 aromatic rings. The molecule has 30 heavy (non-hydrogen) atoms. The molecule has 1 saturated carbocycles. The van der Waals surface area contributed by atoms with Crippen LogP contribution in [0.4, 0.5) is 4.79 Å². The number of likely N-dealkylation sites (tertiary alicyclic amines) is 1. The van der Waals surface area contributed by atoms with Gasteiger partial charge in [-0.25, -0.2) is 4.79 Å². The van der Waals surface area contributed by atoms with Gasteiger partial charge < -0.3 is 20.3 Å². The molecule has 1 aliphatic carbocycles. The van der Waals surface area contributed by atoms with Crippen LogP contribution in [-0.2, 0) is 4.74 Å². The topological polar surface area (TPSA) is 78.0 Å². The van der Waals surface area contributed by atoms with E-state index in [-0.39, 0.29) is 16.4 Å². The molecule has 3 N–H and O–H groups in total. The number of ether oxygens (including phenoxy) is 1. The van der Waals surface area contributed by atoms with Gasteiger partial charge in [0.2, 0.25) is 0 Å². The number of piperidine rings is 1. The maximum absolute atomic E-state index is 12.2. The number of nitrogens with one attached hydrogen (secondary N) is 3. The summed E-state index contributed by atoms with van der Waals surface area (Å²) in [5.41, 5.74) is 1.01. The Kier molecular flexibility index (Phi) is 8.11. The van der Waals surface area contributed by atoms with Crippen LogP contribution in [0.15, 0.2) is 26.9 Å². The Hall–Kier alpha value is -0.810. The highest BCUT2D eigenvalue weighted by Crippen LogP contribution is 2.36. The van der Waals surface area contributed by atoms with Gasteiger partial charge in [-0.2, -0.15) is 0 Å². The third-order valence-electron chi connectivity index (χ3n) is 5.31. The van der Waals surface area contributed by atoms with Gasteiger partial charge >= 0.3 is 6.09 Å². The van der Waals surface area contributed by atoms with Gasteiger partial charge in [0.05, 0.1) is 8.53 Å². The third kappa shape index (κ3) is 7.40. The van der Waals surface area contributed by atoms with Crippen molar-refractivity contribution in [3.05, 3.63) is 22.0 Å². The van der Waals surface area contributed by atoms with E-state index in [0.29, 0.717) is 19.1 Å². The zero-order chi connectivity index (χ0) is 21.9. The number of hydrogen-bond acceptors (Lipinski definition) is 6. The number of amides is 1. The van der Waals surface area contributed by atoms with Crippen LogP contribution in [0.5, 0.6) is 0 Å². The summed E-state index contributed by atoms with van der Waals surface area (Å²) >= 11 is 6.00. The predicted molar refractivity (Wildman–Crippen MR) is 133 cm³/mol. The molecule has 0 spiro atoms. The van der Waals surface area contributed by atoms with Crippen LogP contribution in [0, 0.1) is 5.92 Å². The zero-order valence-corrected chi connectivity index (χ0v) is 21.9. The van der Waals surface area contributed by atoms with E-state index < -0.39 is 5.60 Å². The second-order valence-corrected chi connectivity index (χ2v) is 11.4. The Balaban J connectivity index is 1.45. The van der Waals surface area contributed by atoms with Crippen molar-refractivity contribution >= 4 is 50.8 Å². The lowest BCUT2D eigenvalue weighted by atomic mass is 10.1. The number of alkyl halides is 1. The summed E-state index contributed by atoms with van der Waals surface area (Å²) in [5.74, 6) is 1.72. The Morgan fingerprint density at radius 1 is 1.37 bits per heavy atom. The molecule has 3 rings (SSSR count). The Morgan fingerprint density at radius 2 is 2.03 bits per heavy atom. The van der Waals surface area contributed by atoms with Crippen molar-refractivity contribution in [2.45, 2.75) is 75.4 Å². The average molecular weight is 594 g/mol. The van der Waals surface area contributed by atoms with Crippen molar-refractivity contribution in [3.8, 4) is 0 Å². The smallest absolute Gasteiger partial charge is 0.410 e. The van der Waals surface area contributed by atoms with E-state index in [9.17, 15) is 4.79 Å². The quantitative estimate of drug-likeness (QED) is 0.186. The lowest BCUT2D eigenvalue weighted by Gasteiger charge is -2.35. The molecule has 9 heteroatoms. The largest absolute Gasteiger partial charge is 0.444 e. The fraction of sp³-hybridized carbons (Fsp3) is 0.714. The molecule has 0 bridgehead atoms. The molecule has 2 fully saturated rings. The van der Waals surface area contributed by atoms with Gasteiger partial charge in [-0.1, -0.05) is 34.2 Å². The summed E-state index contributed by atoms with van der Waals surface area (Å²) in [5, 5.41) is 10.5. The van der Waals surface area contributed by atoms with Crippen LogP contribution < -0.4 is 16.0 Å². The summed E-state index contributed by atoms with van der Waals surface area (Å²) in [7, 11) is 0. The molecule has 2 unspecified atom stereocenters. The molecule has 168 valence electrons. The molecule has 2 aliphatic heterocycles. The van der Waals surface area contributed by atoms with Gasteiger partial charge in [0, 0.05) is 25.3 Å². The van der Waals surface area contributed by atoms with Gasteiger partial charge in [-0.05, 0) is 75.2 Å². The number of rotatable bonds is 6. The lowest BCUT2D eigenvalue weighted by Crippen LogP contribution is -2.53. The normalized spacial score (nSPS) is 24.5. The molecular formula is C21H33BrIN5O2. The van der Waals surface area contributed by atoms with Gasteiger partial charge in [0.25, 0.3) is 0 Å². The van der Waals surface area contributed by atoms with E-state index >= 15 is 0 Å². The molecule has 2 heterocycles. The minimum absolute atomic E-state index is 0.191. The molecule has 7 nitrogen and oxygen atoms in total. The van der Waals surface area contributed by atoms with Crippen LogP contribution in [0.2, 0.25) is 0 Å².